The molecule has 1 aliphatic rings. The first-order chi connectivity index (χ1) is 8.18. The fraction of sp³-hybridized carbons (Fsp3) is 0.600. The van der Waals surface area contributed by atoms with Crippen LogP contribution in [0.3, 0.4) is 0 Å². The Morgan fingerprint density at radius 3 is 2.71 bits per heavy atom. The first-order valence-electron chi connectivity index (χ1n) is 6.60. The maximum Gasteiger partial charge on any atom is 0.0119 e. The van der Waals surface area contributed by atoms with Crippen molar-refractivity contribution in [3.8, 4) is 0 Å². The highest BCUT2D eigenvalue weighted by Gasteiger charge is 2.33. The van der Waals surface area contributed by atoms with Gasteiger partial charge in [-0.3, -0.25) is 0 Å². The molecule has 2 heteroatoms. The molecule has 0 radical (unpaired) electrons. The lowest BCUT2D eigenvalue weighted by molar-refractivity contribution is 0.288. The Labute approximate surface area is 109 Å². The first kappa shape index (κ1) is 13.0. The Kier molecular flexibility index (Phi) is 4.52. The summed E-state index contributed by atoms with van der Waals surface area (Å²) in [4.78, 5) is 1.37. The third-order valence-electron chi connectivity index (χ3n) is 3.76. The van der Waals surface area contributed by atoms with E-state index < -0.39 is 0 Å². The van der Waals surface area contributed by atoms with E-state index in [-0.39, 0.29) is 0 Å². The molecule has 0 saturated heterocycles. The van der Waals surface area contributed by atoms with Crippen LogP contribution >= 0.6 is 11.8 Å². The van der Waals surface area contributed by atoms with Crippen molar-refractivity contribution < 1.29 is 0 Å². The number of hydrogen-bond donors (Lipinski definition) is 1. The predicted octanol–water partition coefficient (Wildman–Crippen LogP) is 3.95. The third-order valence-corrected chi connectivity index (χ3v) is 4.78. The molecule has 2 rings (SSSR count). The van der Waals surface area contributed by atoms with Gasteiger partial charge in [0.25, 0.3) is 0 Å². The quantitative estimate of drug-likeness (QED) is 0.626. The van der Waals surface area contributed by atoms with Crippen LogP contribution in [0, 0.1) is 5.41 Å². The monoisotopic (exact) mass is 249 g/mol. The summed E-state index contributed by atoms with van der Waals surface area (Å²) in [5.41, 5.74) is 0.497. The molecule has 94 valence electrons. The van der Waals surface area contributed by atoms with Gasteiger partial charge in [0.15, 0.2) is 0 Å². The minimum atomic E-state index is 0.497. The Bertz CT molecular complexity index is 334. The maximum atomic E-state index is 3.72. The van der Waals surface area contributed by atoms with Crippen LogP contribution in [0.4, 0.5) is 0 Å². The zero-order valence-electron chi connectivity index (χ0n) is 10.9. The fourth-order valence-corrected chi connectivity index (χ4v) is 3.43. The van der Waals surface area contributed by atoms with Gasteiger partial charge >= 0.3 is 0 Å². The van der Waals surface area contributed by atoms with Crippen LogP contribution in [0.25, 0.3) is 0 Å². The van der Waals surface area contributed by atoms with Crippen LogP contribution in [-0.4, -0.2) is 18.3 Å². The standard InChI is InChI=1S/C15H23NS/c1-15(2)10-6-9-14(15)16-11-12-17-13-7-4-3-5-8-13/h3-5,7-8,14,16H,6,9-12H2,1-2H3. The highest BCUT2D eigenvalue weighted by molar-refractivity contribution is 7.99. The molecular weight excluding hydrogens is 226 g/mol. The number of rotatable bonds is 5. The van der Waals surface area contributed by atoms with E-state index >= 15 is 0 Å². The Morgan fingerprint density at radius 2 is 2.06 bits per heavy atom. The van der Waals surface area contributed by atoms with Crippen molar-refractivity contribution in [3.63, 3.8) is 0 Å². The summed E-state index contributed by atoms with van der Waals surface area (Å²) in [5, 5.41) is 3.72. The van der Waals surface area contributed by atoms with Crippen molar-refractivity contribution in [1.29, 1.82) is 0 Å². The molecule has 0 amide bonds. The lowest BCUT2D eigenvalue weighted by atomic mass is 9.87. The first-order valence-corrected chi connectivity index (χ1v) is 7.58. The van der Waals surface area contributed by atoms with Gasteiger partial charge < -0.3 is 5.32 Å². The second kappa shape index (κ2) is 5.92. The molecule has 1 aliphatic carbocycles. The van der Waals surface area contributed by atoms with Crippen LogP contribution in [0.2, 0.25) is 0 Å². The smallest absolute Gasteiger partial charge is 0.0119 e. The molecule has 17 heavy (non-hydrogen) atoms. The largest absolute Gasteiger partial charge is 0.313 e. The van der Waals surface area contributed by atoms with Gasteiger partial charge in [-0.1, -0.05) is 38.5 Å². The molecule has 1 fully saturated rings. The summed E-state index contributed by atoms with van der Waals surface area (Å²) in [6, 6.07) is 11.4. The highest BCUT2D eigenvalue weighted by atomic mass is 32.2. The van der Waals surface area contributed by atoms with Gasteiger partial charge in [-0.15, -0.1) is 11.8 Å². The van der Waals surface area contributed by atoms with Gasteiger partial charge in [0.2, 0.25) is 0 Å². The van der Waals surface area contributed by atoms with E-state index in [1.807, 2.05) is 11.8 Å². The van der Waals surface area contributed by atoms with E-state index in [9.17, 15) is 0 Å². The second-order valence-corrected chi connectivity index (χ2v) is 6.72. The fourth-order valence-electron chi connectivity index (χ4n) is 2.62. The van der Waals surface area contributed by atoms with Crippen molar-refractivity contribution in [3.05, 3.63) is 30.3 Å². The Morgan fingerprint density at radius 1 is 1.29 bits per heavy atom. The molecular formula is C15H23NS. The maximum absolute atomic E-state index is 3.72. The van der Waals surface area contributed by atoms with Crippen LogP contribution in [0.15, 0.2) is 35.2 Å². The summed E-state index contributed by atoms with van der Waals surface area (Å²) in [5.74, 6) is 1.16. The van der Waals surface area contributed by atoms with Gasteiger partial charge in [0.05, 0.1) is 0 Å². The van der Waals surface area contributed by atoms with Crippen molar-refractivity contribution >= 4 is 11.8 Å². The van der Waals surface area contributed by atoms with E-state index in [4.69, 9.17) is 0 Å². The second-order valence-electron chi connectivity index (χ2n) is 5.55. The van der Waals surface area contributed by atoms with Gasteiger partial charge in [-0.2, -0.15) is 0 Å². The summed E-state index contributed by atoms with van der Waals surface area (Å²) < 4.78 is 0. The SMILES string of the molecule is CC1(C)CCCC1NCCSc1ccccc1. The molecule has 1 unspecified atom stereocenters. The highest BCUT2D eigenvalue weighted by Crippen LogP contribution is 2.37. The van der Waals surface area contributed by atoms with E-state index in [0.29, 0.717) is 5.41 Å². The van der Waals surface area contributed by atoms with Gasteiger partial charge in [-0.05, 0) is 30.4 Å². The zero-order chi connectivity index (χ0) is 12.1. The molecule has 0 aliphatic heterocycles. The zero-order valence-corrected chi connectivity index (χ0v) is 11.7. The molecule has 0 bridgehead atoms. The molecule has 0 spiro atoms. The molecule has 1 saturated carbocycles. The summed E-state index contributed by atoms with van der Waals surface area (Å²) in [6.45, 7) is 5.90. The molecule has 1 aromatic rings. The van der Waals surface area contributed by atoms with Gasteiger partial charge in [-0.25, -0.2) is 0 Å². The summed E-state index contributed by atoms with van der Waals surface area (Å²) >= 11 is 1.94. The minimum Gasteiger partial charge on any atom is -0.313 e. The van der Waals surface area contributed by atoms with Gasteiger partial charge in [0, 0.05) is 23.2 Å². The van der Waals surface area contributed by atoms with E-state index in [1.54, 1.807) is 0 Å². The molecule has 1 nitrogen and oxygen atoms in total. The van der Waals surface area contributed by atoms with Crippen LogP contribution in [0.5, 0.6) is 0 Å². The van der Waals surface area contributed by atoms with Crippen molar-refractivity contribution in [2.75, 3.05) is 12.3 Å². The summed E-state index contributed by atoms with van der Waals surface area (Å²) in [7, 11) is 0. The number of nitrogens with one attached hydrogen (secondary N) is 1. The molecule has 1 atom stereocenters. The average Bonchev–Trinajstić information content (AvgIpc) is 2.66. The minimum absolute atomic E-state index is 0.497. The molecule has 0 aromatic heterocycles. The normalized spacial score (nSPS) is 22.8. The van der Waals surface area contributed by atoms with E-state index in [0.717, 1.165) is 18.3 Å². The Balaban J connectivity index is 1.67. The van der Waals surface area contributed by atoms with E-state index in [1.165, 1.54) is 24.2 Å². The van der Waals surface area contributed by atoms with Crippen LogP contribution < -0.4 is 5.32 Å². The van der Waals surface area contributed by atoms with Crippen LogP contribution in [0.1, 0.15) is 33.1 Å². The third kappa shape index (κ3) is 3.75. The molecule has 1 N–H and O–H groups in total. The number of thioether (sulfide) groups is 1. The lowest BCUT2D eigenvalue weighted by Gasteiger charge is -2.27. The Hall–Kier alpha value is -0.470. The van der Waals surface area contributed by atoms with Crippen molar-refractivity contribution in [1.82, 2.24) is 5.32 Å². The lowest BCUT2D eigenvalue weighted by Crippen LogP contribution is -2.38. The van der Waals surface area contributed by atoms with Crippen molar-refractivity contribution in [2.24, 2.45) is 5.41 Å². The number of hydrogen-bond acceptors (Lipinski definition) is 2. The van der Waals surface area contributed by atoms with Crippen LogP contribution in [-0.2, 0) is 0 Å². The average molecular weight is 249 g/mol. The van der Waals surface area contributed by atoms with E-state index in [2.05, 4.69) is 49.5 Å². The predicted molar refractivity (Wildman–Crippen MR) is 76.6 cm³/mol. The van der Waals surface area contributed by atoms with Gasteiger partial charge in [0.1, 0.15) is 0 Å². The van der Waals surface area contributed by atoms with Crippen molar-refractivity contribution in [2.45, 2.75) is 44.0 Å². The molecule has 1 aromatic carbocycles. The topological polar surface area (TPSA) is 12.0 Å². The molecule has 0 heterocycles. The number of benzene rings is 1. The summed E-state index contributed by atoms with van der Waals surface area (Å²) in [6.07, 6.45) is 4.11.